The molecule has 0 amide bonds. The van der Waals surface area contributed by atoms with Gasteiger partial charge in [0.1, 0.15) is 11.5 Å². The second kappa shape index (κ2) is 8.74. The van der Waals surface area contributed by atoms with Crippen LogP contribution in [0.3, 0.4) is 0 Å². The minimum Gasteiger partial charge on any atom is -0.497 e. The molecule has 4 aromatic rings. The van der Waals surface area contributed by atoms with Gasteiger partial charge in [-0.2, -0.15) is 4.98 Å². The number of anilines is 2. The predicted molar refractivity (Wildman–Crippen MR) is 131 cm³/mol. The number of aromatic nitrogens is 4. The molecule has 3 heterocycles. The molecule has 0 bridgehead atoms. The fourth-order valence-corrected chi connectivity index (χ4v) is 4.58. The molecule has 9 heteroatoms. The number of methoxy groups -OCH3 is 2. The Balaban J connectivity index is 1.63. The van der Waals surface area contributed by atoms with Gasteiger partial charge in [0, 0.05) is 32.7 Å². The lowest BCUT2D eigenvalue weighted by atomic mass is 10.1. The van der Waals surface area contributed by atoms with Crippen LogP contribution >= 0.6 is 0 Å². The Morgan fingerprint density at radius 2 is 1.79 bits per heavy atom. The van der Waals surface area contributed by atoms with E-state index in [1.807, 2.05) is 58.0 Å². The second-order valence-corrected chi connectivity index (χ2v) is 8.31. The van der Waals surface area contributed by atoms with Gasteiger partial charge in [-0.15, -0.1) is 0 Å². The van der Waals surface area contributed by atoms with Gasteiger partial charge in [-0.3, -0.25) is 13.9 Å². The van der Waals surface area contributed by atoms with Crippen LogP contribution in [0.15, 0.2) is 58.1 Å². The molecule has 1 aliphatic rings. The topological polar surface area (TPSA) is 83.5 Å². The average Bonchev–Trinajstić information content (AvgIpc) is 3.28. The van der Waals surface area contributed by atoms with E-state index in [0.717, 1.165) is 17.7 Å². The van der Waals surface area contributed by atoms with E-state index in [1.54, 1.807) is 21.3 Å². The molecule has 5 rings (SSSR count). The molecule has 34 heavy (non-hydrogen) atoms. The first-order valence-corrected chi connectivity index (χ1v) is 11.3. The first kappa shape index (κ1) is 21.8. The van der Waals surface area contributed by atoms with E-state index >= 15 is 0 Å². The van der Waals surface area contributed by atoms with Crippen LogP contribution < -0.4 is 25.6 Å². The van der Waals surface area contributed by atoms with Crippen LogP contribution in [0.1, 0.15) is 12.0 Å². The minimum atomic E-state index is -0.363. The zero-order chi connectivity index (χ0) is 23.8. The number of hydrogen-bond donors (Lipinski definition) is 0. The van der Waals surface area contributed by atoms with Crippen LogP contribution in [0.5, 0.6) is 11.5 Å². The van der Waals surface area contributed by atoms with Crippen molar-refractivity contribution in [2.75, 3.05) is 25.7 Å². The van der Waals surface area contributed by atoms with Gasteiger partial charge in [-0.1, -0.05) is 30.3 Å². The Labute approximate surface area is 196 Å². The summed E-state index contributed by atoms with van der Waals surface area (Å²) in [6, 6.07) is 15.5. The molecule has 0 atom stereocenters. The third-order valence-electron chi connectivity index (χ3n) is 6.36. The quantitative estimate of drug-likeness (QED) is 0.439. The van der Waals surface area contributed by atoms with Crippen molar-refractivity contribution >= 4 is 22.8 Å². The minimum absolute atomic E-state index is 0.308. The molecule has 0 unspecified atom stereocenters. The highest BCUT2D eigenvalue weighted by atomic mass is 16.5. The number of hydrogen-bond acceptors (Lipinski definition) is 6. The van der Waals surface area contributed by atoms with Gasteiger partial charge in [0.05, 0.1) is 19.9 Å². The van der Waals surface area contributed by atoms with Crippen LogP contribution in [0.25, 0.3) is 11.2 Å². The predicted octanol–water partition coefficient (Wildman–Crippen LogP) is 2.70. The monoisotopic (exact) mass is 461 g/mol. The van der Waals surface area contributed by atoms with Crippen LogP contribution in [0.2, 0.25) is 0 Å². The van der Waals surface area contributed by atoms with E-state index in [4.69, 9.17) is 14.5 Å². The van der Waals surface area contributed by atoms with E-state index in [1.165, 1.54) is 9.13 Å². The summed E-state index contributed by atoms with van der Waals surface area (Å²) in [7, 11) is 4.89. The summed E-state index contributed by atoms with van der Waals surface area (Å²) in [5.74, 6) is 1.96. The van der Waals surface area contributed by atoms with Gasteiger partial charge in [0.25, 0.3) is 5.56 Å². The van der Waals surface area contributed by atoms with Crippen LogP contribution in [0, 0.1) is 0 Å². The van der Waals surface area contributed by atoms with Gasteiger partial charge in [-0.05, 0) is 30.5 Å². The highest BCUT2D eigenvalue weighted by molar-refractivity contribution is 5.78. The third kappa shape index (κ3) is 3.53. The highest BCUT2D eigenvalue weighted by Crippen LogP contribution is 2.38. The van der Waals surface area contributed by atoms with E-state index in [2.05, 4.69) is 0 Å². The lowest BCUT2D eigenvalue weighted by Crippen LogP contribution is -2.40. The maximum Gasteiger partial charge on any atom is 0.332 e. The number of nitrogens with zero attached hydrogens (tertiary/aromatic N) is 5. The fraction of sp³-hybridized carbons (Fsp3) is 0.320. The van der Waals surface area contributed by atoms with Gasteiger partial charge in [-0.25, -0.2) is 4.79 Å². The molecule has 0 radical (unpaired) electrons. The Kier molecular flexibility index (Phi) is 5.61. The number of imidazole rings is 1. The molecule has 2 aromatic heterocycles. The van der Waals surface area contributed by atoms with E-state index in [-0.39, 0.29) is 11.2 Å². The van der Waals surface area contributed by atoms with E-state index in [0.29, 0.717) is 54.7 Å². The Morgan fingerprint density at radius 1 is 1.00 bits per heavy atom. The van der Waals surface area contributed by atoms with Crippen LogP contribution in [-0.4, -0.2) is 39.4 Å². The molecule has 0 spiro atoms. The molecule has 0 aliphatic carbocycles. The standard InChI is InChI=1S/C25H27N5O4/c1-27-22-21(23(31)30(25(27)32)15-12-17-8-5-4-6-9-17)29-14-7-13-28(24(29)26-22)19-11-10-18(33-2)16-20(19)34-3/h4-6,8-11,16H,7,12-15H2,1-3H3. The SMILES string of the molecule is COc1ccc(N2CCCn3c2nc2c3c(=O)n(CCc3ccccc3)c(=O)n2C)c(OC)c1. The van der Waals surface area contributed by atoms with Gasteiger partial charge in [0.2, 0.25) is 5.95 Å². The molecule has 0 fully saturated rings. The molecule has 0 saturated heterocycles. The zero-order valence-corrected chi connectivity index (χ0v) is 19.5. The van der Waals surface area contributed by atoms with Crippen molar-refractivity contribution < 1.29 is 9.47 Å². The van der Waals surface area contributed by atoms with Crippen molar-refractivity contribution in [3.8, 4) is 11.5 Å². The summed E-state index contributed by atoms with van der Waals surface area (Å²) < 4.78 is 15.6. The Hall–Kier alpha value is -4.01. The zero-order valence-electron chi connectivity index (χ0n) is 19.5. The van der Waals surface area contributed by atoms with Crippen molar-refractivity contribution in [2.45, 2.75) is 25.9 Å². The summed E-state index contributed by atoms with van der Waals surface area (Å²) in [5.41, 5.74) is 2.06. The number of aryl methyl sites for hydroxylation is 3. The second-order valence-electron chi connectivity index (χ2n) is 8.31. The van der Waals surface area contributed by atoms with E-state index in [9.17, 15) is 9.59 Å². The summed E-state index contributed by atoms with van der Waals surface area (Å²) >= 11 is 0. The molecule has 176 valence electrons. The molecule has 0 N–H and O–H groups in total. The maximum atomic E-state index is 13.5. The lowest BCUT2D eigenvalue weighted by Gasteiger charge is -2.30. The summed E-state index contributed by atoms with van der Waals surface area (Å²) in [6.45, 7) is 1.66. The average molecular weight is 462 g/mol. The molecule has 9 nitrogen and oxygen atoms in total. The Bertz CT molecular complexity index is 1470. The van der Waals surface area contributed by atoms with Gasteiger partial charge in [0.15, 0.2) is 11.2 Å². The van der Waals surface area contributed by atoms with Gasteiger partial charge < -0.3 is 18.9 Å². The van der Waals surface area contributed by atoms with Crippen molar-refractivity contribution in [1.29, 1.82) is 0 Å². The molecule has 0 saturated carbocycles. The maximum absolute atomic E-state index is 13.5. The normalized spacial score (nSPS) is 13.2. The van der Waals surface area contributed by atoms with E-state index < -0.39 is 0 Å². The third-order valence-corrected chi connectivity index (χ3v) is 6.36. The van der Waals surface area contributed by atoms with Crippen LogP contribution in [0.4, 0.5) is 11.6 Å². The molecule has 2 aromatic carbocycles. The molecular formula is C25H27N5O4. The first-order valence-electron chi connectivity index (χ1n) is 11.3. The number of fused-ring (bicyclic) bond motifs is 3. The van der Waals surface area contributed by atoms with Gasteiger partial charge >= 0.3 is 5.69 Å². The number of benzene rings is 2. The fourth-order valence-electron chi connectivity index (χ4n) is 4.58. The van der Waals surface area contributed by atoms with Crippen molar-refractivity contribution in [3.63, 3.8) is 0 Å². The van der Waals surface area contributed by atoms with Crippen molar-refractivity contribution in [2.24, 2.45) is 7.05 Å². The van der Waals surface area contributed by atoms with Crippen LogP contribution in [-0.2, 0) is 26.6 Å². The highest BCUT2D eigenvalue weighted by Gasteiger charge is 2.28. The number of ether oxygens (including phenoxy) is 2. The van der Waals surface area contributed by atoms with Crippen molar-refractivity contribution in [3.05, 3.63) is 74.9 Å². The molecular weight excluding hydrogens is 434 g/mol. The van der Waals surface area contributed by atoms with Crippen molar-refractivity contribution in [1.82, 2.24) is 18.7 Å². The Morgan fingerprint density at radius 3 is 2.53 bits per heavy atom. The first-order chi connectivity index (χ1) is 16.5. The summed E-state index contributed by atoms with van der Waals surface area (Å²) in [6.07, 6.45) is 1.41. The lowest BCUT2D eigenvalue weighted by molar-refractivity contribution is 0.394. The number of rotatable bonds is 6. The summed E-state index contributed by atoms with van der Waals surface area (Å²) in [5, 5.41) is 0. The summed E-state index contributed by atoms with van der Waals surface area (Å²) in [4.78, 5) is 33.4. The smallest absolute Gasteiger partial charge is 0.332 e. The largest absolute Gasteiger partial charge is 0.497 e. The molecule has 1 aliphatic heterocycles.